The second-order valence-corrected chi connectivity index (χ2v) is 5.80. The highest BCUT2D eigenvalue weighted by atomic mass is 14.4. The van der Waals surface area contributed by atoms with Gasteiger partial charge in [0.2, 0.25) is 0 Å². The summed E-state index contributed by atoms with van der Waals surface area (Å²) in [6.45, 7) is 9.65. The van der Waals surface area contributed by atoms with Crippen LogP contribution < -0.4 is 0 Å². The Kier molecular flexibility index (Phi) is 5.71. The van der Waals surface area contributed by atoms with E-state index in [0.717, 1.165) is 23.7 Å². The first-order valence-corrected chi connectivity index (χ1v) is 7.20. The predicted molar refractivity (Wildman–Crippen MR) is 69.0 cm³/mol. The summed E-state index contributed by atoms with van der Waals surface area (Å²) in [6, 6.07) is 0. The van der Waals surface area contributed by atoms with Crippen LogP contribution >= 0.6 is 0 Å². The highest BCUT2D eigenvalue weighted by Gasteiger charge is 2.30. The zero-order chi connectivity index (χ0) is 11.3. The lowest BCUT2D eigenvalue weighted by atomic mass is 9.68. The highest BCUT2D eigenvalue weighted by Crippen LogP contribution is 2.40. The molecule has 0 amide bonds. The van der Waals surface area contributed by atoms with Crippen LogP contribution in [0.4, 0.5) is 0 Å². The van der Waals surface area contributed by atoms with E-state index in [0.29, 0.717) is 0 Å². The minimum Gasteiger partial charge on any atom is -0.0651 e. The molecule has 1 rings (SSSR count). The molecule has 1 atom stereocenters. The first-order chi connectivity index (χ1) is 7.20. The largest absolute Gasteiger partial charge is 0.0651 e. The summed E-state index contributed by atoms with van der Waals surface area (Å²) in [7, 11) is 0. The molecule has 1 saturated carbocycles. The van der Waals surface area contributed by atoms with Gasteiger partial charge in [0.25, 0.3) is 0 Å². The SMILES string of the molecule is CCC(CC)C(C(C)C)C1CCCCC1. The predicted octanol–water partition coefficient (Wildman–Crippen LogP) is 5.28. The Balaban J connectivity index is 2.62. The molecule has 1 aliphatic rings. The Bertz CT molecular complexity index is 149. The fourth-order valence-corrected chi connectivity index (χ4v) is 3.83. The van der Waals surface area contributed by atoms with Gasteiger partial charge in [0.1, 0.15) is 0 Å². The average Bonchev–Trinajstić information content (AvgIpc) is 2.26. The molecule has 90 valence electrons. The van der Waals surface area contributed by atoms with Crippen molar-refractivity contribution in [1.82, 2.24) is 0 Å². The van der Waals surface area contributed by atoms with Gasteiger partial charge >= 0.3 is 0 Å². The van der Waals surface area contributed by atoms with Crippen LogP contribution in [-0.4, -0.2) is 0 Å². The van der Waals surface area contributed by atoms with Crippen LogP contribution in [0, 0.1) is 23.7 Å². The molecule has 0 heterocycles. The van der Waals surface area contributed by atoms with Crippen molar-refractivity contribution in [1.29, 1.82) is 0 Å². The van der Waals surface area contributed by atoms with Crippen molar-refractivity contribution in [2.75, 3.05) is 0 Å². The lowest BCUT2D eigenvalue weighted by Gasteiger charge is -2.38. The first-order valence-electron chi connectivity index (χ1n) is 7.20. The molecule has 0 aromatic carbocycles. The van der Waals surface area contributed by atoms with Crippen molar-refractivity contribution in [3.05, 3.63) is 0 Å². The molecule has 1 fully saturated rings. The fraction of sp³-hybridized carbons (Fsp3) is 1.00. The van der Waals surface area contributed by atoms with Crippen LogP contribution in [0.3, 0.4) is 0 Å². The minimum absolute atomic E-state index is 0.887. The summed E-state index contributed by atoms with van der Waals surface area (Å²) < 4.78 is 0. The van der Waals surface area contributed by atoms with Crippen LogP contribution in [0.25, 0.3) is 0 Å². The normalized spacial score (nSPS) is 21.2. The van der Waals surface area contributed by atoms with Crippen LogP contribution in [0.1, 0.15) is 72.6 Å². The molecular formula is C15H30. The number of hydrogen-bond acceptors (Lipinski definition) is 0. The third-order valence-electron chi connectivity index (χ3n) is 4.56. The van der Waals surface area contributed by atoms with Gasteiger partial charge in [0.05, 0.1) is 0 Å². The van der Waals surface area contributed by atoms with Gasteiger partial charge < -0.3 is 0 Å². The second kappa shape index (κ2) is 6.55. The van der Waals surface area contributed by atoms with Crippen molar-refractivity contribution in [2.24, 2.45) is 23.7 Å². The van der Waals surface area contributed by atoms with E-state index in [4.69, 9.17) is 0 Å². The highest BCUT2D eigenvalue weighted by molar-refractivity contribution is 4.80. The first kappa shape index (κ1) is 13.1. The van der Waals surface area contributed by atoms with Crippen LogP contribution in [-0.2, 0) is 0 Å². The summed E-state index contributed by atoms with van der Waals surface area (Å²) in [5, 5.41) is 0. The quantitative estimate of drug-likeness (QED) is 0.579. The van der Waals surface area contributed by atoms with Crippen LogP contribution in [0.5, 0.6) is 0 Å². The molecule has 0 radical (unpaired) electrons. The van der Waals surface area contributed by atoms with Crippen molar-refractivity contribution >= 4 is 0 Å². The molecule has 0 aromatic rings. The van der Waals surface area contributed by atoms with Gasteiger partial charge in [0.15, 0.2) is 0 Å². The Morgan fingerprint density at radius 1 is 0.933 bits per heavy atom. The van der Waals surface area contributed by atoms with Crippen molar-refractivity contribution in [2.45, 2.75) is 72.6 Å². The Morgan fingerprint density at radius 3 is 1.87 bits per heavy atom. The van der Waals surface area contributed by atoms with E-state index in [1.807, 2.05) is 0 Å². The Labute approximate surface area is 96.8 Å². The summed E-state index contributed by atoms with van der Waals surface area (Å²) in [4.78, 5) is 0. The van der Waals surface area contributed by atoms with Crippen molar-refractivity contribution in [3.63, 3.8) is 0 Å². The lowest BCUT2D eigenvalue weighted by molar-refractivity contribution is 0.121. The maximum absolute atomic E-state index is 2.44. The van der Waals surface area contributed by atoms with Crippen LogP contribution in [0.15, 0.2) is 0 Å². The topological polar surface area (TPSA) is 0 Å². The molecule has 1 aliphatic carbocycles. The van der Waals surface area contributed by atoms with Gasteiger partial charge in [-0.05, 0) is 23.7 Å². The van der Waals surface area contributed by atoms with Gasteiger partial charge in [-0.25, -0.2) is 0 Å². The molecule has 0 aliphatic heterocycles. The van der Waals surface area contributed by atoms with Gasteiger partial charge in [-0.15, -0.1) is 0 Å². The molecule has 0 nitrogen and oxygen atoms in total. The van der Waals surface area contributed by atoms with E-state index >= 15 is 0 Å². The molecule has 0 aromatic heterocycles. The van der Waals surface area contributed by atoms with Gasteiger partial charge in [-0.3, -0.25) is 0 Å². The average molecular weight is 210 g/mol. The van der Waals surface area contributed by atoms with E-state index in [9.17, 15) is 0 Å². The van der Waals surface area contributed by atoms with Crippen LogP contribution in [0.2, 0.25) is 0 Å². The molecule has 0 heteroatoms. The van der Waals surface area contributed by atoms with E-state index in [1.54, 1.807) is 0 Å². The molecule has 0 saturated heterocycles. The maximum Gasteiger partial charge on any atom is -0.0334 e. The second-order valence-electron chi connectivity index (χ2n) is 5.80. The zero-order valence-electron chi connectivity index (χ0n) is 11.3. The third kappa shape index (κ3) is 3.50. The Morgan fingerprint density at radius 2 is 1.47 bits per heavy atom. The summed E-state index contributed by atoms with van der Waals surface area (Å²) >= 11 is 0. The minimum atomic E-state index is 0.887. The number of rotatable bonds is 5. The zero-order valence-corrected chi connectivity index (χ0v) is 11.3. The fourth-order valence-electron chi connectivity index (χ4n) is 3.83. The lowest BCUT2D eigenvalue weighted by Crippen LogP contribution is -2.29. The maximum atomic E-state index is 2.44. The molecular weight excluding hydrogens is 180 g/mol. The number of hydrogen-bond donors (Lipinski definition) is 0. The summed E-state index contributed by atoms with van der Waals surface area (Å²) in [5.74, 6) is 3.91. The van der Waals surface area contributed by atoms with E-state index in [1.165, 1.54) is 44.9 Å². The molecule has 0 N–H and O–H groups in total. The van der Waals surface area contributed by atoms with Crippen molar-refractivity contribution < 1.29 is 0 Å². The van der Waals surface area contributed by atoms with E-state index in [-0.39, 0.29) is 0 Å². The summed E-state index contributed by atoms with van der Waals surface area (Å²) in [5.41, 5.74) is 0. The van der Waals surface area contributed by atoms with Gasteiger partial charge in [-0.2, -0.15) is 0 Å². The third-order valence-corrected chi connectivity index (χ3v) is 4.56. The van der Waals surface area contributed by atoms with Gasteiger partial charge in [0, 0.05) is 0 Å². The standard InChI is InChI=1S/C15H30/c1-5-13(6-2)15(12(3)4)14-10-8-7-9-11-14/h12-15H,5-11H2,1-4H3. The molecule has 0 spiro atoms. The van der Waals surface area contributed by atoms with Gasteiger partial charge in [-0.1, -0.05) is 72.6 Å². The monoisotopic (exact) mass is 210 g/mol. The smallest absolute Gasteiger partial charge is 0.0334 e. The Hall–Kier alpha value is 0. The molecule has 15 heavy (non-hydrogen) atoms. The summed E-state index contributed by atoms with van der Waals surface area (Å²) in [6.07, 6.45) is 10.3. The molecule has 0 bridgehead atoms. The van der Waals surface area contributed by atoms with Crippen molar-refractivity contribution in [3.8, 4) is 0 Å². The van der Waals surface area contributed by atoms with E-state index in [2.05, 4.69) is 27.7 Å². The molecule has 1 unspecified atom stereocenters. The van der Waals surface area contributed by atoms with E-state index < -0.39 is 0 Å².